The topological polar surface area (TPSA) is 66.5 Å². The van der Waals surface area contributed by atoms with Gasteiger partial charge in [-0.1, -0.05) is 0 Å². The van der Waals surface area contributed by atoms with Gasteiger partial charge in [0.15, 0.2) is 5.82 Å². The number of anilines is 1. The van der Waals surface area contributed by atoms with E-state index in [9.17, 15) is 13.6 Å². The minimum Gasteiger partial charge on any atom is -0.462 e. The molecule has 0 unspecified atom stereocenters. The first-order valence-corrected chi connectivity index (χ1v) is 7.04. The zero-order chi connectivity index (χ0) is 17.0. The van der Waals surface area contributed by atoms with E-state index in [0.29, 0.717) is 22.5 Å². The molecule has 0 aliphatic heterocycles. The predicted molar refractivity (Wildman–Crippen MR) is 83.8 cm³/mol. The highest BCUT2D eigenvalue weighted by molar-refractivity contribution is 5.96. The third kappa shape index (κ3) is 3.74. The van der Waals surface area contributed by atoms with E-state index in [1.165, 1.54) is 12.3 Å². The Labute approximate surface area is 132 Å². The van der Waals surface area contributed by atoms with Gasteiger partial charge in [0.2, 0.25) is 0 Å². The number of hydrogen-bond donors (Lipinski definition) is 2. The van der Waals surface area contributed by atoms with Crippen LogP contribution in [0.3, 0.4) is 0 Å². The fourth-order valence-corrected chi connectivity index (χ4v) is 2.16. The summed E-state index contributed by atoms with van der Waals surface area (Å²) >= 11 is 0. The maximum Gasteiger partial charge on any atom is 0.340 e. The number of carbonyl (C=O) groups excluding carboxylic acids is 1. The van der Waals surface area contributed by atoms with Crippen LogP contribution >= 0.6 is 0 Å². The SMILES string of the molecule is CCOC(=O)c1c(C)[nH]c(/C=N/Nc2ccc(F)cc2F)c1C. The third-order valence-corrected chi connectivity index (χ3v) is 3.27. The van der Waals surface area contributed by atoms with E-state index in [1.807, 2.05) is 0 Å². The van der Waals surface area contributed by atoms with Crippen molar-refractivity contribution in [2.24, 2.45) is 5.10 Å². The summed E-state index contributed by atoms with van der Waals surface area (Å²) in [6.45, 7) is 5.54. The molecule has 0 amide bonds. The third-order valence-electron chi connectivity index (χ3n) is 3.27. The van der Waals surface area contributed by atoms with Crippen LogP contribution in [0.2, 0.25) is 0 Å². The van der Waals surface area contributed by atoms with E-state index in [2.05, 4.69) is 15.5 Å². The average Bonchev–Trinajstić information content (AvgIpc) is 2.76. The summed E-state index contributed by atoms with van der Waals surface area (Å²) < 4.78 is 31.3. The molecule has 7 heteroatoms. The Balaban J connectivity index is 2.17. The van der Waals surface area contributed by atoms with Gasteiger partial charge in [-0.15, -0.1) is 0 Å². The van der Waals surface area contributed by atoms with Crippen molar-refractivity contribution in [2.45, 2.75) is 20.8 Å². The minimum atomic E-state index is -0.742. The van der Waals surface area contributed by atoms with Gasteiger partial charge in [-0.3, -0.25) is 5.43 Å². The molecule has 0 aliphatic carbocycles. The Morgan fingerprint density at radius 2 is 2.13 bits per heavy atom. The van der Waals surface area contributed by atoms with Gasteiger partial charge in [-0.05, 0) is 38.5 Å². The molecule has 5 nitrogen and oxygen atoms in total. The number of nitrogens with one attached hydrogen (secondary N) is 2. The predicted octanol–water partition coefficient (Wildman–Crippen LogP) is 3.53. The Morgan fingerprint density at radius 1 is 1.39 bits per heavy atom. The summed E-state index contributed by atoms with van der Waals surface area (Å²) in [6, 6.07) is 3.14. The molecule has 23 heavy (non-hydrogen) atoms. The summed E-state index contributed by atoms with van der Waals surface area (Å²) in [4.78, 5) is 14.9. The summed E-state index contributed by atoms with van der Waals surface area (Å²) in [6.07, 6.45) is 1.42. The van der Waals surface area contributed by atoms with Crippen LogP contribution in [0.1, 0.15) is 34.2 Å². The number of aryl methyl sites for hydroxylation is 1. The molecular weight excluding hydrogens is 304 g/mol. The number of rotatable bonds is 5. The first kappa shape index (κ1) is 16.7. The Hall–Kier alpha value is -2.70. The summed E-state index contributed by atoms with van der Waals surface area (Å²) in [5.74, 6) is -1.81. The van der Waals surface area contributed by atoms with E-state index in [0.717, 1.165) is 12.1 Å². The van der Waals surface area contributed by atoms with E-state index >= 15 is 0 Å². The molecule has 2 N–H and O–H groups in total. The molecular formula is C16H17F2N3O2. The zero-order valence-corrected chi connectivity index (χ0v) is 13.0. The molecule has 1 aromatic carbocycles. The van der Waals surface area contributed by atoms with Crippen LogP contribution in [0.25, 0.3) is 0 Å². The van der Waals surface area contributed by atoms with Crippen LogP contribution in [0.5, 0.6) is 0 Å². The number of benzene rings is 1. The van der Waals surface area contributed by atoms with Crippen LogP contribution in [-0.4, -0.2) is 23.8 Å². The summed E-state index contributed by atoms with van der Waals surface area (Å²) in [5.41, 5.74) is 4.95. The Morgan fingerprint density at radius 3 is 2.78 bits per heavy atom. The van der Waals surface area contributed by atoms with Crippen molar-refractivity contribution in [3.8, 4) is 0 Å². The highest BCUT2D eigenvalue weighted by Gasteiger charge is 2.18. The van der Waals surface area contributed by atoms with Gasteiger partial charge in [-0.25, -0.2) is 13.6 Å². The van der Waals surface area contributed by atoms with Crippen molar-refractivity contribution in [3.05, 3.63) is 52.3 Å². The number of hydrogen-bond acceptors (Lipinski definition) is 4. The maximum absolute atomic E-state index is 13.5. The van der Waals surface area contributed by atoms with E-state index in [1.54, 1.807) is 20.8 Å². The number of esters is 1. The Bertz CT molecular complexity index is 754. The minimum absolute atomic E-state index is 0.0502. The van der Waals surface area contributed by atoms with Crippen molar-refractivity contribution in [3.63, 3.8) is 0 Å². The van der Waals surface area contributed by atoms with E-state index < -0.39 is 17.6 Å². The number of ether oxygens (including phenoxy) is 1. The summed E-state index contributed by atoms with van der Waals surface area (Å²) in [7, 11) is 0. The van der Waals surface area contributed by atoms with Gasteiger partial charge in [0.1, 0.15) is 5.82 Å². The van der Waals surface area contributed by atoms with E-state index in [4.69, 9.17) is 4.74 Å². The molecule has 0 bridgehead atoms. The van der Waals surface area contributed by atoms with Gasteiger partial charge in [0.25, 0.3) is 0 Å². The molecule has 0 fully saturated rings. The zero-order valence-electron chi connectivity index (χ0n) is 13.0. The second kappa shape index (κ2) is 7.04. The van der Waals surface area contributed by atoms with Crippen LogP contribution in [0.15, 0.2) is 23.3 Å². The van der Waals surface area contributed by atoms with Crippen molar-refractivity contribution in [2.75, 3.05) is 12.0 Å². The lowest BCUT2D eigenvalue weighted by atomic mass is 10.1. The number of hydrazone groups is 1. The first-order valence-electron chi connectivity index (χ1n) is 7.04. The normalized spacial score (nSPS) is 11.0. The van der Waals surface area contributed by atoms with E-state index in [-0.39, 0.29) is 12.3 Å². The largest absolute Gasteiger partial charge is 0.462 e. The van der Waals surface area contributed by atoms with Crippen molar-refractivity contribution >= 4 is 17.9 Å². The van der Waals surface area contributed by atoms with Gasteiger partial charge < -0.3 is 9.72 Å². The number of aromatic nitrogens is 1. The standard InChI is InChI=1S/C16H17F2N3O2/c1-4-23-16(22)15-9(2)14(20-10(15)3)8-19-21-13-6-5-11(17)7-12(13)18/h5-8,20-21H,4H2,1-3H3/b19-8+. The van der Waals surface area contributed by atoms with Gasteiger partial charge >= 0.3 is 5.97 Å². The molecule has 0 spiro atoms. The maximum atomic E-state index is 13.5. The smallest absolute Gasteiger partial charge is 0.340 e. The van der Waals surface area contributed by atoms with Crippen molar-refractivity contribution < 1.29 is 18.3 Å². The average molecular weight is 321 g/mol. The van der Waals surface area contributed by atoms with Gasteiger partial charge in [0, 0.05) is 11.8 Å². The lowest BCUT2D eigenvalue weighted by Gasteiger charge is -2.02. The number of aromatic amines is 1. The monoisotopic (exact) mass is 321 g/mol. The molecule has 1 heterocycles. The number of nitrogens with zero attached hydrogens (tertiary/aromatic N) is 1. The molecule has 122 valence electrons. The van der Waals surface area contributed by atoms with Crippen LogP contribution in [-0.2, 0) is 4.74 Å². The fraction of sp³-hybridized carbons (Fsp3) is 0.250. The lowest BCUT2D eigenvalue weighted by molar-refractivity contribution is 0.0525. The molecule has 0 atom stereocenters. The molecule has 0 aliphatic rings. The van der Waals surface area contributed by atoms with Crippen LogP contribution < -0.4 is 5.43 Å². The second-order valence-electron chi connectivity index (χ2n) is 4.88. The van der Waals surface area contributed by atoms with Crippen LogP contribution in [0.4, 0.5) is 14.5 Å². The summed E-state index contributed by atoms with van der Waals surface area (Å²) in [5, 5.41) is 3.90. The van der Waals surface area contributed by atoms with Crippen molar-refractivity contribution in [1.29, 1.82) is 0 Å². The fourth-order valence-electron chi connectivity index (χ4n) is 2.16. The quantitative estimate of drug-likeness (QED) is 0.503. The first-order chi connectivity index (χ1) is 10.9. The second-order valence-corrected chi connectivity index (χ2v) is 4.88. The molecule has 2 rings (SSSR count). The molecule has 0 saturated heterocycles. The lowest BCUT2D eigenvalue weighted by Crippen LogP contribution is -2.06. The number of halogens is 2. The van der Waals surface area contributed by atoms with Crippen LogP contribution in [0, 0.1) is 25.5 Å². The molecule has 0 radical (unpaired) electrons. The molecule has 2 aromatic rings. The molecule has 1 aromatic heterocycles. The molecule has 0 saturated carbocycles. The van der Waals surface area contributed by atoms with Crippen molar-refractivity contribution in [1.82, 2.24) is 4.98 Å². The number of H-pyrrole nitrogens is 1. The van der Waals surface area contributed by atoms with Gasteiger partial charge in [0.05, 0.1) is 29.8 Å². The highest BCUT2D eigenvalue weighted by atomic mass is 19.1. The Kier molecular flexibility index (Phi) is 5.10. The number of carbonyl (C=O) groups is 1. The highest BCUT2D eigenvalue weighted by Crippen LogP contribution is 2.18. The van der Waals surface area contributed by atoms with Gasteiger partial charge in [-0.2, -0.15) is 5.10 Å².